The van der Waals surface area contributed by atoms with Crippen LogP contribution in [-0.2, 0) is 4.79 Å². The van der Waals surface area contributed by atoms with Gasteiger partial charge in [0, 0.05) is 16.4 Å². The van der Waals surface area contributed by atoms with Gasteiger partial charge in [0.15, 0.2) is 0 Å². The molecular weight excluding hydrogens is 279 g/mol. The highest BCUT2D eigenvalue weighted by atomic mass is 127. The molecule has 0 aromatic heterocycles. The third-order valence-electron chi connectivity index (χ3n) is 2.03. The fraction of sp³-hybridized carbons (Fsp3) is 0.300. The summed E-state index contributed by atoms with van der Waals surface area (Å²) in [5.41, 5.74) is 0. The number of hydrogen-bond acceptors (Lipinski definition) is 2. The maximum atomic E-state index is 10.7. The topological polar surface area (TPSA) is 26.3 Å². The number of Topliss-reactive ketones (excluding diaryl/α,β-unsaturated/α-hetero) is 1. The van der Waals surface area contributed by atoms with Crippen molar-refractivity contribution in [2.75, 3.05) is 0 Å². The van der Waals surface area contributed by atoms with Gasteiger partial charge in [-0.15, -0.1) is 0 Å². The SMILES string of the molecule is O=C1CC(Oc2ccc(I)cc2)C1. The molecule has 0 amide bonds. The number of hydrogen-bond donors (Lipinski definition) is 0. The lowest BCUT2D eigenvalue weighted by molar-refractivity contribution is -0.129. The Morgan fingerprint density at radius 3 is 2.38 bits per heavy atom. The molecule has 0 N–H and O–H groups in total. The van der Waals surface area contributed by atoms with Crippen molar-refractivity contribution in [3.63, 3.8) is 0 Å². The summed E-state index contributed by atoms with van der Waals surface area (Å²) in [5, 5.41) is 0. The molecule has 0 saturated heterocycles. The Labute approximate surface area is 90.4 Å². The molecule has 1 aliphatic rings. The Balaban J connectivity index is 1.95. The van der Waals surface area contributed by atoms with Gasteiger partial charge in [-0.25, -0.2) is 0 Å². The largest absolute Gasteiger partial charge is 0.490 e. The maximum Gasteiger partial charge on any atom is 0.140 e. The van der Waals surface area contributed by atoms with E-state index in [0.29, 0.717) is 18.6 Å². The van der Waals surface area contributed by atoms with E-state index in [0.717, 1.165) is 5.75 Å². The van der Waals surface area contributed by atoms with Gasteiger partial charge in [0.1, 0.15) is 17.6 Å². The van der Waals surface area contributed by atoms with Gasteiger partial charge in [0.05, 0.1) is 0 Å². The number of ether oxygens (including phenoxy) is 1. The molecule has 2 nitrogen and oxygen atoms in total. The van der Waals surface area contributed by atoms with Crippen LogP contribution in [0.2, 0.25) is 0 Å². The van der Waals surface area contributed by atoms with E-state index < -0.39 is 0 Å². The van der Waals surface area contributed by atoms with Gasteiger partial charge < -0.3 is 4.74 Å². The lowest BCUT2D eigenvalue weighted by Gasteiger charge is -2.25. The molecular formula is C10H9IO2. The van der Waals surface area contributed by atoms with Crippen LogP contribution >= 0.6 is 22.6 Å². The third kappa shape index (κ3) is 2.21. The predicted octanol–water partition coefficient (Wildman–Crippen LogP) is 2.40. The highest BCUT2D eigenvalue weighted by Crippen LogP contribution is 2.22. The first-order valence-corrected chi connectivity index (χ1v) is 5.26. The standard InChI is InChI=1S/C10H9IO2/c11-7-1-3-9(4-2-7)13-10-5-8(12)6-10/h1-4,10H,5-6H2. The average Bonchev–Trinajstić information content (AvgIpc) is 2.06. The van der Waals surface area contributed by atoms with Crippen molar-refractivity contribution in [2.24, 2.45) is 0 Å². The van der Waals surface area contributed by atoms with Crippen LogP contribution < -0.4 is 4.74 Å². The second-order valence-electron chi connectivity index (χ2n) is 3.14. The van der Waals surface area contributed by atoms with E-state index in [9.17, 15) is 4.79 Å². The molecule has 0 atom stereocenters. The molecule has 0 aliphatic heterocycles. The molecule has 0 unspecified atom stereocenters. The second kappa shape index (κ2) is 3.65. The van der Waals surface area contributed by atoms with E-state index in [4.69, 9.17) is 4.74 Å². The smallest absolute Gasteiger partial charge is 0.140 e. The summed E-state index contributed by atoms with van der Waals surface area (Å²) in [6, 6.07) is 7.86. The van der Waals surface area contributed by atoms with Gasteiger partial charge in [-0.3, -0.25) is 4.79 Å². The zero-order valence-corrected chi connectivity index (χ0v) is 9.15. The molecule has 3 heteroatoms. The Morgan fingerprint density at radius 2 is 1.85 bits per heavy atom. The normalized spacial score (nSPS) is 16.8. The maximum absolute atomic E-state index is 10.7. The summed E-state index contributed by atoms with van der Waals surface area (Å²) in [5.74, 6) is 1.16. The summed E-state index contributed by atoms with van der Waals surface area (Å²) >= 11 is 2.25. The zero-order valence-electron chi connectivity index (χ0n) is 7.00. The summed E-state index contributed by atoms with van der Waals surface area (Å²) in [4.78, 5) is 10.7. The molecule has 68 valence electrons. The average molecular weight is 288 g/mol. The molecule has 1 aromatic carbocycles. The second-order valence-corrected chi connectivity index (χ2v) is 4.39. The molecule has 0 bridgehead atoms. The van der Waals surface area contributed by atoms with Gasteiger partial charge in [0.25, 0.3) is 0 Å². The molecule has 2 rings (SSSR count). The van der Waals surface area contributed by atoms with E-state index in [-0.39, 0.29) is 6.10 Å². The minimum atomic E-state index is 0.118. The van der Waals surface area contributed by atoms with Crippen molar-refractivity contribution in [1.29, 1.82) is 0 Å². The quantitative estimate of drug-likeness (QED) is 0.781. The van der Waals surface area contributed by atoms with E-state index >= 15 is 0 Å². The molecule has 1 saturated carbocycles. The Morgan fingerprint density at radius 1 is 1.23 bits per heavy atom. The molecule has 0 heterocycles. The van der Waals surface area contributed by atoms with E-state index in [2.05, 4.69) is 22.6 Å². The van der Waals surface area contributed by atoms with Crippen LogP contribution in [0.15, 0.2) is 24.3 Å². The Kier molecular flexibility index (Phi) is 2.53. The van der Waals surface area contributed by atoms with Crippen molar-refractivity contribution in [1.82, 2.24) is 0 Å². The summed E-state index contributed by atoms with van der Waals surface area (Å²) in [6.45, 7) is 0. The predicted molar refractivity (Wildman–Crippen MR) is 57.8 cm³/mol. The van der Waals surface area contributed by atoms with Gasteiger partial charge >= 0.3 is 0 Å². The first kappa shape index (κ1) is 8.99. The minimum absolute atomic E-state index is 0.118. The monoisotopic (exact) mass is 288 g/mol. The summed E-state index contributed by atoms with van der Waals surface area (Å²) < 4.78 is 6.74. The van der Waals surface area contributed by atoms with Gasteiger partial charge in [-0.1, -0.05) is 0 Å². The molecule has 13 heavy (non-hydrogen) atoms. The van der Waals surface area contributed by atoms with Crippen LogP contribution in [-0.4, -0.2) is 11.9 Å². The van der Waals surface area contributed by atoms with Crippen LogP contribution in [0.4, 0.5) is 0 Å². The number of ketones is 1. The molecule has 1 aromatic rings. The molecule has 1 aliphatic carbocycles. The van der Waals surface area contributed by atoms with Crippen LogP contribution in [0.5, 0.6) is 5.75 Å². The first-order chi connectivity index (χ1) is 6.24. The molecule has 0 radical (unpaired) electrons. The number of carbonyl (C=O) groups is 1. The van der Waals surface area contributed by atoms with Crippen LogP contribution in [0, 0.1) is 3.57 Å². The highest BCUT2D eigenvalue weighted by Gasteiger charge is 2.28. The van der Waals surface area contributed by atoms with E-state index in [1.54, 1.807) is 0 Å². The van der Waals surface area contributed by atoms with Crippen LogP contribution in [0.1, 0.15) is 12.8 Å². The molecule has 0 spiro atoms. The minimum Gasteiger partial charge on any atom is -0.490 e. The molecule has 1 fully saturated rings. The van der Waals surface area contributed by atoms with E-state index in [1.165, 1.54) is 3.57 Å². The van der Waals surface area contributed by atoms with Crippen molar-refractivity contribution >= 4 is 28.4 Å². The van der Waals surface area contributed by atoms with Crippen LogP contribution in [0.25, 0.3) is 0 Å². The van der Waals surface area contributed by atoms with Gasteiger partial charge in [0.2, 0.25) is 0 Å². The third-order valence-corrected chi connectivity index (χ3v) is 2.75. The van der Waals surface area contributed by atoms with Gasteiger partial charge in [-0.05, 0) is 46.9 Å². The fourth-order valence-corrected chi connectivity index (χ4v) is 1.60. The lowest BCUT2D eigenvalue weighted by Crippen LogP contribution is -2.33. The fourth-order valence-electron chi connectivity index (χ4n) is 1.24. The summed E-state index contributed by atoms with van der Waals surface area (Å²) in [6.07, 6.45) is 1.27. The van der Waals surface area contributed by atoms with Crippen molar-refractivity contribution in [3.8, 4) is 5.75 Å². The van der Waals surface area contributed by atoms with Crippen molar-refractivity contribution < 1.29 is 9.53 Å². The number of rotatable bonds is 2. The van der Waals surface area contributed by atoms with Gasteiger partial charge in [-0.2, -0.15) is 0 Å². The first-order valence-electron chi connectivity index (χ1n) is 4.18. The van der Waals surface area contributed by atoms with Crippen LogP contribution in [0.3, 0.4) is 0 Å². The Bertz CT molecular complexity index is 310. The number of carbonyl (C=O) groups excluding carboxylic acids is 1. The highest BCUT2D eigenvalue weighted by molar-refractivity contribution is 14.1. The van der Waals surface area contributed by atoms with E-state index in [1.807, 2.05) is 24.3 Å². The zero-order chi connectivity index (χ0) is 9.26. The number of halogens is 1. The summed E-state index contributed by atoms with van der Waals surface area (Å²) in [7, 11) is 0. The Hall–Kier alpha value is -0.580. The van der Waals surface area contributed by atoms with Crippen molar-refractivity contribution in [3.05, 3.63) is 27.8 Å². The lowest BCUT2D eigenvalue weighted by atomic mass is 9.94. The van der Waals surface area contributed by atoms with Crippen molar-refractivity contribution in [2.45, 2.75) is 18.9 Å². The number of benzene rings is 1.